The highest BCUT2D eigenvalue weighted by Gasteiger charge is 2.44. The molecule has 1 aromatic carbocycles. The predicted octanol–water partition coefficient (Wildman–Crippen LogP) is -0.551. The molecule has 37 heavy (non-hydrogen) atoms. The van der Waals surface area contributed by atoms with Crippen LogP contribution in [0.2, 0.25) is 0 Å². The van der Waals surface area contributed by atoms with Gasteiger partial charge in [0.1, 0.15) is 23.6 Å². The Morgan fingerprint density at radius 1 is 1.05 bits per heavy atom. The van der Waals surface area contributed by atoms with Crippen LogP contribution in [0.1, 0.15) is 18.4 Å². The zero-order chi connectivity index (χ0) is 26.6. The molecule has 2 aliphatic rings. The predicted molar refractivity (Wildman–Crippen MR) is 137 cm³/mol. The van der Waals surface area contributed by atoms with Gasteiger partial charge in [0.05, 0.1) is 19.9 Å². The minimum atomic E-state index is -1.05. The third kappa shape index (κ3) is 5.63. The summed E-state index contributed by atoms with van der Waals surface area (Å²) in [7, 11) is 3.22. The van der Waals surface area contributed by atoms with Crippen molar-refractivity contribution >= 4 is 17.5 Å². The van der Waals surface area contributed by atoms with Gasteiger partial charge in [0.2, 0.25) is 11.8 Å². The van der Waals surface area contributed by atoms with Crippen molar-refractivity contribution in [2.24, 2.45) is 0 Å². The van der Waals surface area contributed by atoms with Crippen molar-refractivity contribution in [3.8, 4) is 11.5 Å². The first-order valence-electron chi connectivity index (χ1n) is 12.3. The summed E-state index contributed by atoms with van der Waals surface area (Å²) in [4.78, 5) is 56.7. The molecule has 4 rings (SSSR count). The number of benzene rings is 1. The van der Waals surface area contributed by atoms with Crippen molar-refractivity contribution in [1.82, 2.24) is 25.1 Å². The topological polar surface area (TPSA) is 138 Å². The number of hydrogen-bond donors (Lipinski definition) is 3. The lowest BCUT2D eigenvalue weighted by molar-refractivity contribution is -0.143. The number of piperazine rings is 1. The molecule has 2 fully saturated rings. The van der Waals surface area contributed by atoms with Crippen molar-refractivity contribution in [3.63, 3.8) is 0 Å². The van der Waals surface area contributed by atoms with Gasteiger partial charge in [0, 0.05) is 44.0 Å². The molecule has 2 aliphatic heterocycles. The van der Waals surface area contributed by atoms with Gasteiger partial charge in [-0.3, -0.25) is 23.9 Å². The maximum Gasteiger partial charge on any atom is 0.328 e. The van der Waals surface area contributed by atoms with Crippen molar-refractivity contribution in [2.45, 2.75) is 31.8 Å². The van der Waals surface area contributed by atoms with Gasteiger partial charge in [0.15, 0.2) is 0 Å². The third-order valence-corrected chi connectivity index (χ3v) is 7.04. The maximum atomic E-state index is 13.8. The van der Waals surface area contributed by atoms with E-state index in [0.29, 0.717) is 69.2 Å². The lowest BCUT2D eigenvalue weighted by Crippen LogP contribution is -2.65. The number of H-pyrrole nitrogens is 1. The second kappa shape index (κ2) is 11.1. The Bertz CT molecular complexity index is 1260. The fourth-order valence-corrected chi connectivity index (χ4v) is 4.94. The second-order valence-electron chi connectivity index (χ2n) is 9.40. The average Bonchev–Trinajstić information content (AvgIpc) is 2.91. The number of ether oxygens (including phenoxy) is 2. The van der Waals surface area contributed by atoms with E-state index in [1.807, 2.05) is 18.2 Å². The van der Waals surface area contributed by atoms with Crippen molar-refractivity contribution in [1.29, 1.82) is 0 Å². The van der Waals surface area contributed by atoms with Crippen LogP contribution in [-0.4, -0.2) is 85.3 Å². The highest BCUT2D eigenvalue weighted by Crippen LogP contribution is 2.33. The highest BCUT2D eigenvalue weighted by molar-refractivity contribution is 5.92. The molecule has 0 atom stereocenters. The molecule has 0 aliphatic carbocycles. The standard InChI is InChI=1S/C25H34N6O6/c1-17-15-31(24(35)27-22(17)33)16-21(32)28-25(6-8-26-9-7-25)23(34)30-12-10-29(11-13-30)19-5-4-18(36-2)14-20(19)37-3/h4-5,14-15,26H,6-13,16H2,1-3H3,(H,28,32)(H,27,33,35). The molecule has 3 heterocycles. The van der Waals surface area contributed by atoms with E-state index >= 15 is 0 Å². The number of methoxy groups -OCH3 is 2. The van der Waals surface area contributed by atoms with Gasteiger partial charge in [-0.15, -0.1) is 0 Å². The molecule has 12 heteroatoms. The largest absolute Gasteiger partial charge is 0.497 e. The van der Waals surface area contributed by atoms with E-state index in [2.05, 4.69) is 20.5 Å². The number of amides is 2. The molecule has 12 nitrogen and oxygen atoms in total. The number of hydrogen-bond acceptors (Lipinski definition) is 8. The molecular weight excluding hydrogens is 480 g/mol. The SMILES string of the molecule is COc1ccc(N2CCN(C(=O)C3(NC(=O)Cn4cc(C)c(=O)[nH]c4=O)CCNCC3)CC2)c(OC)c1. The summed E-state index contributed by atoms with van der Waals surface area (Å²) in [5, 5.41) is 6.19. The molecule has 0 spiro atoms. The molecule has 0 unspecified atom stereocenters. The summed E-state index contributed by atoms with van der Waals surface area (Å²) >= 11 is 0. The van der Waals surface area contributed by atoms with Crippen LogP contribution in [0.15, 0.2) is 34.0 Å². The van der Waals surface area contributed by atoms with Crippen molar-refractivity contribution in [2.75, 3.05) is 58.4 Å². The normalized spacial score (nSPS) is 17.3. The Labute approximate surface area is 214 Å². The van der Waals surface area contributed by atoms with E-state index in [4.69, 9.17) is 9.47 Å². The van der Waals surface area contributed by atoms with E-state index < -0.39 is 22.7 Å². The molecule has 1 aromatic heterocycles. The minimum absolute atomic E-state index is 0.117. The summed E-state index contributed by atoms with van der Waals surface area (Å²) < 4.78 is 12.0. The Morgan fingerprint density at radius 3 is 2.41 bits per heavy atom. The van der Waals surface area contributed by atoms with Crippen LogP contribution in [0.4, 0.5) is 5.69 Å². The summed E-state index contributed by atoms with van der Waals surface area (Å²) in [6.45, 7) is 4.68. The van der Waals surface area contributed by atoms with E-state index in [9.17, 15) is 19.2 Å². The minimum Gasteiger partial charge on any atom is -0.497 e. The fourth-order valence-electron chi connectivity index (χ4n) is 4.94. The van der Waals surface area contributed by atoms with Gasteiger partial charge in [-0.05, 0) is 45.0 Å². The average molecular weight is 515 g/mol. The van der Waals surface area contributed by atoms with Crippen molar-refractivity contribution < 1.29 is 19.1 Å². The number of piperidine rings is 1. The number of carbonyl (C=O) groups excluding carboxylic acids is 2. The van der Waals surface area contributed by atoms with Crippen LogP contribution in [-0.2, 0) is 16.1 Å². The first-order valence-corrected chi connectivity index (χ1v) is 12.3. The quantitative estimate of drug-likeness (QED) is 0.448. The van der Waals surface area contributed by atoms with E-state index in [0.717, 1.165) is 10.3 Å². The molecule has 2 aromatic rings. The van der Waals surface area contributed by atoms with E-state index in [-0.39, 0.29) is 12.5 Å². The second-order valence-corrected chi connectivity index (χ2v) is 9.40. The van der Waals surface area contributed by atoms with Crippen LogP contribution in [0.3, 0.4) is 0 Å². The van der Waals surface area contributed by atoms with Gasteiger partial charge in [-0.25, -0.2) is 4.79 Å². The summed E-state index contributed by atoms with van der Waals surface area (Å²) in [6, 6.07) is 5.66. The lowest BCUT2D eigenvalue weighted by atomic mass is 9.86. The van der Waals surface area contributed by atoms with Gasteiger partial charge < -0.3 is 29.9 Å². The van der Waals surface area contributed by atoms with Crippen LogP contribution in [0.25, 0.3) is 0 Å². The Balaban J connectivity index is 1.45. The van der Waals surface area contributed by atoms with Gasteiger partial charge in [-0.2, -0.15) is 0 Å². The number of carbonyl (C=O) groups is 2. The number of nitrogens with one attached hydrogen (secondary N) is 3. The van der Waals surface area contributed by atoms with Crippen LogP contribution in [0.5, 0.6) is 11.5 Å². The van der Waals surface area contributed by atoms with Crippen LogP contribution < -0.4 is 36.3 Å². The zero-order valence-corrected chi connectivity index (χ0v) is 21.5. The molecule has 2 saturated heterocycles. The number of aromatic nitrogens is 2. The zero-order valence-electron chi connectivity index (χ0n) is 21.5. The fraction of sp³-hybridized carbons (Fsp3) is 0.520. The number of rotatable bonds is 7. The number of aryl methyl sites for hydroxylation is 1. The lowest BCUT2D eigenvalue weighted by Gasteiger charge is -2.44. The van der Waals surface area contributed by atoms with Gasteiger partial charge >= 0.3 is 5.69 Å². The Kier molecular flexibility index (Phi) is 7.86. The molecule has 2 amide bonds. The third-order valence-electron chi connectivity index (χ3n) is 7.04. The van der Waals surface area contributed by atoms with Crippen LogP contribution in [0, 0.1) is 6.92 Å². The number of nitrogens with zero attached hydrogens (tertiary/aromatic N) is 3. The maximum absolute atomic E-state index is 13.8. The monoisotopic (exact) mass is 514 g/mol. The molecule has 0 bridgehead atoms. The molecule has 0 radical (unpaired) electrons. The summed E-state index contributed by atoms with van der Waals surface area (Å²) in [5.74, 6) is 0.838. The first-order chi connectivity index (χ1) is 17.8. The van der Waals surface area contributed by atoms with E-state index in [1.54, 1.807) is 26.0 Å². The Hall–Kier alpha value is -3.80. The van der Waals surface area contributed by atoms with Gasteiger partial charge in [0.25, 0.3) is 5.56 Å². The highest BCUT2D eigenvalue weighted by atomic mass is 16.5. The first kappa shape index (κ1) is 26.3. The molecule has 3 N–H and O–H groups in total. The smallest absolute Gasteiger partial charge is 0.328 e. The molecular formula is C25H34N6O6. The van der Waals surface area contributed by atoms with Crippen LogP contribution >= 0.6 is 0 Å². The van der Waals surface area contributed by atoms with Crippen molar-refractivity contribution in [3.05, 3.63) is 50.8 Å². The molecule has 0 saturated carbocycles. The number of aromatic amines is 1. The summed E-state index contributed by atoms with van der Waals surface area (Å²) in [6.07, 6.45) is 2.25. The van der Waals surface area contributed by atoms with Gasteiger partial charge in [-0.1, -0.05) is 0 Å². The van der Waals surface area contributed by atoms with E-state index in [1.165, 1.54) is 6.20 Å². The molecule has 200 valence electrons. The Morgan fingerprint density at radius 2 is 1.76 bits per heavy atom. The summed E-state index contributed by atoms with van der Waals surface area (Å²) in [5.41, 5.74) is -0.948. The number of anilines is 1.